The van der Waals surface area contributed by atoms with Gasteiger partial charge in [-0.1, -0.05) is 48.5 Å². The first-order chi connectivity index (χ1) is 8.56. The van der Waals surface area contributed by atoms with Gasteiger partial charge in [0, 0.05) is 5.92 Å². The summed E-state index contributed by atoms with van der Waals surface area (Å²) < 4.78 is 11.3. The molecule has 4 heteroatoms. The number of benzene rings is 2. The van der Waals surface area contributed by atoms with Crippen LogP contribution in [0.15, 0.2) is 48.5 Å². The maximum absolute atomic E-state index is 11.3. The predicted molar refractivity (Wildman–Crippen MR) is 70.6 cm³/mol. The van der Waals surface area contributed by atoms with Crippen molar-refractivity contribution < 1.29 is 14.4 Å². The summed E-state index contributed by atoms with van der Waals surface area (Å²) in [6, 6.07) is 15.7. The van der Waals surface area contributed by atoms with Crippen LogP contribution in [-0.2, 0) is 4.57 Å². The minimum absolute atomic E-state index is 0.124. The minimum Gasteiger partial charge on any atom is -0.324 e. The van der Waals surface area contributed by atoms with Crippen molar-refractivity contribution in [1.82, 2.24) is 0 Å². The maximum Gasteiger partial charge on any atom is 0.326 e. The molecule has 0 aromatic heterocycles. The molecule has 0 heterocycles. The predicted octanol–water partition coefficient (Wildman–Crippen LogP) is 2.98. The summed E-state index contributed by atoms with van der Waals surface area (Å²) in [6.07, 6.45) is -0.124. The normalized spacial score (nSPS) is 14.3. The Morgan fingerprint density at radius 3 is 1.78 bits per heavy atom. The monoisotopic (exact) mass is 260 g/mol. The summed E-state index contributed by atoms with van der Waals surface area (Å²) in [5.74, 6) is -0.196. The van der Waals surface area contributed by atoms with Crippen molar-refractivity contribution in [3.05, 3.63) is 59.7 Å². The fraction of sp³-hybridized carbons (Fsp3) is 0.143. The van der Waals surface area contributed by atoms with Crippen molar-refractivity contribution in [2.45, 2.75) is 5.92 Å². The van der Waals surface area contributed by atoms with Crippen molar-refractivity contribution in [2.75, 3.05) is 6.16 Å². The number of hydrogen-bond donors (Lipinski definition) is 2. The molecule has 1 aliphatic carbocycles. The molecule has 2 N–H and O–H groups in total. The Bertz CT molecular complexity index is 599. The van der Waals surface area contributed by atoms with E-state index in [1.807, 2.05) is 48.5 Å². The fourth-order valence-corrected chi connectivity index (χ4v) is 3.56. The molecule has 1 aliphatic rings. The summed E-state index contributed by atoms with van der Waals surface area (Å²) in [5, 5.41) is 0. The Morgan fingerprint density at radius 1 is 0.889 bits per heavy atom. The first kappa shape index (κ1) is 11.7. The van der Waals surface area contributed by atoms with Crippen molar-refractivity contribution >= 4 is 7.60 Å². The third-order valence-corrected chi connectivity index (χ3v) is 4.22. The van der Waals surface area contributed by atoms with Crippen LogP contribution in [0.2, 0.25) is 0 Å². The molecule has 0 radical (unpaired) electrons. The topological polar surface area (TPSA) is 57.5 Å². The van der Waals surface area contributed by atoms with Gasteiger partial charge in [-0.25, -0.2) is 0 Å². The molecule has 18 heavy (non-hydrogen) atoms. The minimum atomic E-state index is -4.03. The second-order valence-corrected chi connectivity index (χ2v) is 6.27. The first-order valence-electron chi connectivity index (χ1n) is 5.79. The van der Waals surface area contributed by atoms with Crippen molar-refractivity contribution in [3.8, 4) is 11.1 Å². The molecule has 0 saturated carbocycles. The van der Waals surface area contributed by atoms with Crippen molar-refractivity contribution in [3.63, 3.8) is 0 Å². The largest absolute Gasteiger partial charge is 0.326 e. The molecule has 0 saturated heterocycles. The van der Waals surface area contributed by atoms with Crippen LogP contribution in [0.5, 0.6) is 0 Å². The highest BCUT2D eigenvalue weighted by molar-refractivity contribution is 7.51. The summed E-state index contributed by atoms with van der Waals surface area (Å²) in [6.45, 7) is 0. The molecule has 0 bridgehead atoms. The van der Waals surface area contributed by atoms with E-state index in [9.17, 15) is 14.4 Å². The van der Waals surface area contributed by atoms with Gasteiger partial charge in [0.15, 0.2) is 0 Å². The van der Waals surface area contributed by atoms with Gasteiger partial charge in [-0.2, -0.15) is 0 Å². The van der Waals surface area contributed by atoms with E-state index in [2.05, 4.69) is 0 Å². The van der Waals surface area contributed by atoms with E-state index in [0.717, 1.165) is 22.3 Å². The highest BCUT2D eigenvalue weighted by Crippen LogP contribution is 2.50. The summed E-state index contributed by atoms with van der Waals surface area (Å²) in [7, 11) is -4.03. The highest BCUT2D eigenvalue weighted by Gasteiger charge is 2.32. The molecule has 0 unspecified atom stereocenters. The van der Waals surface area contributed by atoms with Crippen LogP contribution in [0.4, 0.5) is 0 Å². The number of hydrogen-bond acceptors (Lipinski definition) is 1. The maximum atomic E-state index is 11.3. The van der Waals surface area contributed by atoms with Crippen molar-refractivity contribution in [1.29, 1.82) is 0 Å². The zero-order valence-electron chi connectivity index (χ0n) is 9.65. The molecule has 0 aliphatic heterocycles. The first-order valence-corrected chi connectivity index (χ1v) is 7.59. The van der Waals surface area contributed by atoms with Crippen LogP contribution in [0.25, 0.3) is 11.1 Å². The Kier molecular flexibility index (Phi) is 2.63. The molecule has 2 aromatic carbocycles. The molecule has 92 valence electrons. The number of fused-ring (bicyclic) bond motifs is 3. The lowest BCUT2D eigenvalue weighted by molar-refractivity contribution is 0.371. The SMILES string of the molecule is O=P(O)(O)CC1c2ccccc2-c2ccccc21. The van der Waals surface area contributed by atoms with Gasteiger partial charge in [0.2, 0.25) is 0 Å². The van der Waals surface area contributed by atoms with Crippen LogP contribution in [0.1, 0.15) is 17.0 Å². The molecule has 0 fully saturated rings. The Morgan fingerprint density at radius 2 is 1.33 bits per heavy atom. The van der Waals surface area contributed by atoms with Gasteiger partial charge in [0.25, 0.3) is 0 Å². The molecule has 3 rings (SSSR count). The van der Waals surface area contributed by atoms with Gasteiger partial charge < -0.3 is 9.79 Å². The van der Waals surface area contributed by atoms with E-state index in [0.29, 0.717) is 0 Å². The summed E-state index contributed by atoms with van der Waals surface area (Å²) in [4.78, 5) is 18.5. The van der Waals surface area contributed by atoms with Crippen LogP contribution in [0.3, 0.4) is 0 Å². The summed E-state index contributed by atoms with van der Waals surface area (Å²) >= 11 is 0. The van der Waals surface area contributed by atoms with Gasteiger partial charge >= 0.3 is 7.60 Å². The van der Waals surface area contributed by atoms with E-state index >= 15 is 0 Å². The lowest BCUT2D eigenvalue weighted by Gasteiger charge is -2.14. The molecule has 0 spiro atoms. The Balaban J connectivity index is 2.18. The molecule has 0 amide bonds. The zero-order valence-corrected chi connectivity index (χ0v) is 10.5. The van der Waals surface area contributed by atoms with E-state index < -0.39 is 7.60 Å². The zero-order chi connectivity index (χ0) is 12.8. The third kappa shape index (κ3) is 1.91. The molecule has 2 aromatic rings. The van der Waals surface area contributed by atoms with E-state index in [-0.39, 0.29) is 12.1 Å². The second kappa shape index (κ2) is 4.06. The molecule has 3 nitrogen and oxygen atoms in total. The van der Waals surface area contributed by atoms with E-state index in [1.165, 1.54) is 0 Å². The van der Waals surface area contributed by atoms with Gasteiger partial charge in [-0.3, -0.25) is 4.57 Å². The van der Waals surface area contributed by atoms with E-state index in [4.69, 9.17) is 0 Å². The standard InChI is InChI=1S/C14H13O3P/c15-18(16,17)9-14-12-7-3-1-5-10(12)11-6-2-4-8-13(11)14/h1-8,14H,9H2,(H2,15,16,17). The molecular weight excluding hydrogens is 247 g/mol. The van der Waals surface area contributed by atoms with E-state index in [1.54, 1.807) is 0 Å². The Labute approximate surface area is 105 Å². The average molecular weight is 260 g/mol. The smallest absolute Gasteiger partial charge is 0.324 e. The average Bonchev–Trinajstić information content (AvgIpc) is 2.64. The van der Waals surface area contributed by atoms with Gasteiger partial charge in [0.05, 0.1) is 6.16 Å². The second-order valence-electron chi connectivity index (χ2n) is 4.57. The fourth-order valence-electron chi connectivity index (χ4n) is 2.69. The quantitative estimate of drug-likeness (QED) is 0.816. The third-order valence-electron chi connectivity index (χ3n) is 3.38. The number of rotatable bonds is 2. The van der Waals surface area contributed by atoms with Crippen LogP contribution in [0, 0.1) is 0 Å². The lowest BCUT2D eigenvalue weighted by atomic mass is 9.99. The van der Waals surface area contributed by atoms with Gasteiger partial charge in [-0.05, 0) is 22.3 Å². The summed E-state index contributed by atoms with van der Waals surface area (Å²) in [5.41, 5.74) is 4.21. The lowest BCUT2D eigenvalue weighted by Crippen LogP contribution is -2.03. The van der Waals surface area contributed by atoms with Crippen molar-refractivity contribution in [2.24, 2.45) is 0 Å². The van der Waals surface area contributed by atoms with Gasteiger partial charge in [-0.15, -0.1) is 0 Å². The molecule has 0 atom stereocenters. The van der Waals surface area contributed by atoms with Crippen LogP contribution >= 0.6 is 7.60 Å². The highest BCUT2D eigenvalue weighted by atomic mass is 31.2. The van der Waals surface area contributed by atoms with Crippen LogP contribution < -0.4 is 0 Å². The van der Waals surface area contributed by atoms with Gasteiger partial charge in [0.1, 0.15) is 0 Å². The van der Waals surface area contributed by atoms with Crippen LogP contribution in [-0.4, -0.2) is 15.9 Å². The Hall–Kier alpha value is -1.41. The molecular formula is C14H13O3P.